The lowest BCUT2D eigenvalue weighted by molar-refractivity contribution is -0.139. The fourth-order valence-corrected chi connectivity index (χ4v) is 5.34. The summed E-state index contributed by atoms with van der Waals surface area (Å²) in [5, 5.41) is 0.575. The van der Waals surface area contributed by atoms with Gasteiger partial charge in [-0.25, -0.2) is 0 Å². The largest absolute Gasteiger partial charge is 0.497 e. The number of benzene rings is 2. The van der Waals surface area contributed by atoms with E-state index in [1.165, 1.54) is 18.1 Å². The number of hydrogen-bond acceptors (Lipinski definition) is 5. The number of carbonyl (C=O) groups is 3. The van der Waals surface area contributed by atoms with Crippen molar-refractivity contribution >= 4 is 41.0 Å². The van der Waals surface area contributed by atoms with Crippen LogP contribution in [0.1, 0.15) is 15.9 Å². The van der Waals surface area contributed by atoms with Gasteiger partial charge in [-0.1, -0.05) is 42.0 Å². The number of rotatable bonds is 5. The highest BCUT2D eigenvalue weighted by Gasteiger charge is 2.63. The molecule has 7 heteroatoms. The first kappa shape index (κ1) is 20.5. The molecule has 0 radical (unpaired) electrons. The van der Waals surface area contributed by atoms with E-state index in [1.54, 1.807) is 30.3 Å². The van der Waals surface area contributed by atoms with Crippen molar-refractivity contribution in [2.24, 2.45) is 11.8 Å². The molecule has 0 aliphatic carbocycles. The van der Waals surface area contributed by atoms with E-state index in [2.05, 4.69) is 6.58 Å². The molecule has 3 heterocycles. The van der Waals surface area contributed by atoms with E-state index in [1.807, 2.05) is 29.2 Å². The molecule has 0 bridgehead atoms. The second-order valence-corrected chi connectivity index (χ2v) is 8.56. The average molecular weight is 449 g/mol. The van der Waals surface area contributed by atoms with Gasteiger partial charge in [-0.15, -0.1) is 6.58 Å². The van der Waals surface area contributed by atoms with Gasteiger partial charge in [0.2, 0.25) is 11.8 Å². The van der Waals surface area contributed by atoms with Crippen molar-refractivity contribution < 1.29 is 19.1 Å². The standard InChI is InChI=1S/C25H21ClN2O4/c1-3-11-27-24(30)20-19-9-7-14-12-16(26)8-10-18(14)28(19)22(21(20)25(27)31)23(29)15-5-4-6-17(13-15)32-2/h3-10,12-13,19-22H,1,11H2,2H3/t19-,20+,21+,22+/m1/s1. The van der Waals surface area contributed by atoms with Crippen LogP contribution in [0.15, 0.2) is 61.2 Å². The molecule has 0 unspecified atom stereocenters. The Morgan fingerprint density at radius 2 is 1.94 bits per heavy atom. The first-order valence-electron chi connectivity index (χ1n) is 10.4. The third kappa shape index (κ3) is 2.90. The highest BCUT2D eigenvalue weighted by Crippen LogP contribution is 2.49. The fraction of sp³-hybridized carbons (Fsp3) is 0.240. The Labute approximate surface area is 190 Å². The van der Waals surface area contributed by atoms with Crippen LogP contribution in [-0.4, -0.2) is 48.2 Å². The molecule has 2 saturated heterocycles. The maximum absolute atomic E-state index is 13.9. The molecule has 0 aromatic heterocycles. The maximum atomic E-state index is 13.9. The predicted octanol–water partition coefficient (Wildman–Crippen LogP) is 3.60. The number of ether oxygens (including phenoxy) is 1. The number of likely N-dealkylation sites (tertiary alicyclic amines) is 1. The minimum atomic E-state index is -0.826. The highest BCUT2D eigenvalue weighted by molar-refractivity contribution is 6.30. The van der Waals surface area contributed by atoms with Crippen LogP contribution in [0.3, 0.4) is 0 Å². The molecule has 2 aromatic carbocycles. The first-order valence-corrected chi connectivity index (χ1v) is 10.7. The Morgan fingerprint density at radius 3 is 2.69 bits per heavy atom. The molecule has 2 amide bonds. The lowest BCUT2D eigenvalue weighted by Crippen LogP contribution is -2.48. The molecule has 32 heavy (non-hydrogen) atoms. The van der Waals surface area contributed by atoms with Gasteiger partial charge < -0.3 is 9.64 Å². The summed E-state index contributed by atoms with van der Waals surface area (Å²) in [6.07, 6.45) is 5.34. The molecule has 3 aliphatic heterocycles. The van der Waals surface area contributed by atoms with E-state index in [-0.39, 0.29) is 24.1 Å². The van der Waals surface area contributed by atoms with Gasteiger partial charge in [-0.05, 0) is 35.9 Å². The molecule has 2 aromatic rings. The van der Waals surface area contributed by atoms with Crippen molar-refractivity contribution in [3.63, 3.8) is 0 Å². The van der Waals surface area contributed by atoms with E-state index in [9.17, 15) is 14.4 Å². The fourth-order valence-electron chi connectivity index (χ4n) is 5.16. The number of fused-ring (bicyclic) bond motifs is 5. The van der Waals surface area contributed by atoms with Gasteiger partial charge in [-0.3, -0.25) is 19.3 Å². The lowest BCUT2D eigenvalue weighted by Gasteiger charge is -2.36. The van der Waals surface area contributed by atoms with Crippen LogP contribution in [0, 0.1) is 11.8 Å². The van der Waals surface area contributed by atoms with Crippen LogP contribution in [0.5, 0.6) is 5.75 Å². The number of hydrogen-bond donors (Lipinski definition) is 0. The summed E-state index contributed by atoms with van der Waals surface area (Å²) in [6.45, 7) is 3.80. The van der Waals surface area contributed by atoms with Crippen molar-refractivity contribution in [1.29, 1.82) is 0 Å². The Hall–Kier alpha value is -3.38. The average Bonchev–Trinajstić information content (AvgIpc) is 3.27. The van der Waals surface area contributed by atoms with Gasteiger partial charge in [0, 0.05) is 22.8 Å². The second-order valence-electron chi connectivity index (χ2n) is 8.13. The van der Waals surface area contributed by atoms with Crippen LogP contribution in [0.4, 0.5) is 5.69 Å². The monoisotopic (exact) mass is 448 g/mol. The number of carbonyl (C=O) groups excluding carboxylic acids is 3. The summed E-state index contributed by atoms with van der Waals surface area (Å²) in [5.74, 6) is -1.69. The molecule has 0 N–H and O–H groups in total. The van der Waals surface area contributed by atoms with Crippen LogP contribution in [0.2, 0.25) is 5.02 Å². The van der Waals surface area contributed by atoms with Crippen LogP contribution >= 0.6 is 11.6 Å². The minimum absolute atomic E-state index is 0.132. The molecular formula is C25H21ClN2O4. The molecule has 162 valence electrons. The number of amides is 2. The van der Waals surface area contributed by atoms with Gasteiger partial charge in [0.15, 0.2) is 5.78 Å². The molecule has 3 aliphatic rings. The summed E-state index contributed by atoms with van der Waals surface area (Å²) in [5.41, 5.74) is 2.06. The SMILES string of the molecule is C=CCN1C(=O)[C@@H]2[C@H](C1=O)[C@@H](C(=O)c1cccc(OC)c1)N1c3ccc(Cl)cc3C=C[C@H]21. The highest BCUT2D eigenvalue weighted by atomic mass is 35.5. The number of Topliss-reactive ketones (excluding diaryl/α,β-unsaturated/α-hetero) is 1. The Bertz CT molecular complexity index is 1190. The Kier molecular flexibility index (Phi) is 4.90. The molecule has 2 fully saturated rings. The molecule has 0 spiro atoms. The van der Waals surface area contributed by atoms with Gasteiger partial charge in [0.25, 0.3) is 0 Å². The molecule has 6 nitrogen and oxygen atoms in total. The molecular weight excluding hydrogens is 428 g/mol. The molecule has 0 saturated carbocycles. The van der Waals surface area contributed by atoms with Crippen LogP contribution in [0.25, 0.3) is 6.08 Å². The van der Waals surface area contributed by atoms with E-state index < -0.39 is 23.9 Å². The third-order valence-corrected chi connectivity index (χ3v) is 6.73. The topological polar surface area (TPSA) is 66.9 Å². The van der Waals surface area contributed by atoms with E-state index in [4.69, 9.17) is 16.3 Å². The van der Waals surface area contributed by atoms with Crippen molar-refractivity contribution in [3.05, 3.63) is 77.3 Å². The van der Waals surface area contributed by atoms with Gasteiger partial charge in [0.05, 0.1) is 25.0 Å². The van der Waals surface area contributed by atoms with Crippen molar-refractivity contribution in [2.45, 2.75) is 12.1 Å². The van der Waals surface area contributed by atoms with Gasteiger partial charge in [-0.2, -0.15) is 0 Å². The van der Waals surface area contributed by atoms with E-state index in [0.717, 1.165) is 11.3 Å². The maximum Gasteiger partial charge on any atom is 0.236 e. The van der Waals surface area contributed by atoms with E-state index in [0.29, 0.717) is 16.3 Å². The Morgan fingerprint density at radius 1 is 1.16 bits per heavy atom. The van der Waals surface area contributed by atoms with Gasteiger partial charge in [0.1, 0.15) is 11.8 Å². The summed E-state index contributed by atoms with van der Waals surface area (Å²) in [7, 11) is 1.53. The zero-order valence-corrected chi connectivity index (χ0v) is 18.2. The van der Waals surface area contributed by atoms with Crippen LogP contribution in [-0.2, 0) is 9.59 Å². The number of methoxy groups -OCH3 is 1. The third-order valence-electron chi connectivity index (χ3n) is 6.49. The zero-order chi connectivity index (χ0) is 22.6. The van der Waals surface area contributed by atoms with Crippen molar-refractivity contribution in [1.82, 2.24) is 4.90 Å². The molecule has 5 rings (SSSR count). The number of ketones is 1. The summed E-state index contributed by atoms with van der Waals surface area (Å²) < 4.78 is 5.29. The van der Waals surface area contributed by atoms with Crippen molar-refractivity contribution in [2.75, 3.05) is 18.6 Å². The second kappa shape index (κ2) is 7.64. The predicted molar refractivity (Wildman–Crippen MR) is 122 cm³/mol. The normalized spacial score (nSPS) is 25.4. The quantitative estimate of drug-likeness (QED) is 0.397. The first-order chi connectivity index (χ1) is 15.5. The number of imide groups is 1. The molecule has 4 atom stereocenters. The minimum Gasteiger partial charge on any atom is -0.497 e. The smallest absolute Gasteiger partial charge is 0.236 e. The number of nitrogens with zero attached hydrogens (tertiary/aromatic N) is 2. The van der Waals surface area contributed by atoms with E-state index >= 15 is 0 Å². The lowest BCUT2D eigenvalue weighted by atomic mass is 9.86. The Balaban J connectivity index is 1.66. The summed E-state index contributed by atoms with van der Waals surface area (Å²) in [4.78, 5) is 43.6. The number of anilines is 1. The zero-order valence-electron chi connectivity index (χ0n) is 17.4. The number of halogens is 1. The summed E-state index contributed by atoms with van der Waals surface area (Å²) >= 11 is 6.19. The van der Waals surface area contributed by atoms with Crippen LogP contribution < -0.4 is 9.64 Å². The summed E-state index contributed by atoms with van der Waals surface area (Å²) in [6, 6.07) is 11.1. The van der Waals surface area contributed by atoms with Crippen molar-refractivity contribution in [3.8, 4) is 5.75 Å². The van der Waals surface area contributed by atoms with Gasteiger partial charge >= 0.3 is 0 Å².